The number of carbonyl (C=O) groups excluding carboxylic acids is 1. The third-order valence-corrected chi connectivity index (χ3v) is 6.95. The summed E-state index contributed by atoms with van der Waals surface area (Å²) in [6, 6.07) is 23.8. The summed E-state index contributed by atoms with van der Waals surface area (Å²) in [6.07, 6.45) is 6.85. The van der Waals surface area contributed by atoms with E-state index in [1.807, 2.05) is 55.5 Å². The molecule has 4 N–H and O–H groups in total. The molecule has 1 amide bonds. The summed E-state index contributed by atoms with van der Waals surface area (Å²) in [4.78, 5) is 30.4. The number of amides is 1. The highest BCUT2D eigenvalue weighted by Gasteiger charge is 2.10. The number of rotatable bonds is 5. The number of aryl methyl sites for hydroxylation is 1. The van der Waals surface area contributed by atoms with Crippen LogP contribution in [0.15, 0.2) is 104 Å². The van der Waals surface area contributed by atoms with E-state index in [0.29, 0.717) is 33.6 Å². The van der Waals surface area contributed by atoms with Crippen LogP contribution in [0, 0.1) is 18.8 Å². The fourth-order valence-electron chi connectivity index (χ4n) is 4.42. The van der Waals surface area contributed by atoms with Crippen LogP contribution in [0.2, 0.25) is 5.02 Å². The molecule has 6 rings (SSSR count). The van der Waals surface area contributed by atoms with Gasteiger partial charge in [0.25, 0.3) is 5.91 Å². The number of carbonyl (C=O) groups is 1. The normalized spacial score (nSPS) is 10.6. The molecule has 6 aromatic rings. The molecule has 9 heteroatoms. The van der Waals surface area contributed by atoms with Crippen LogP contribution in [0.4, 0.5) is 23.1 Å². The third-order valence-electron chi connectivity index (χ3n) is 6.72. The van der Waals surface area contributed by atoms with Crippen molar-refractivity contribution in [3.05, 3.63) is 131 Å². The number of pyridine rings is 2. The van der Waals surface area contributed by atoms with Crippen LogP contribution < -0.4 is 16.4 Å². The maximum absolute atomic E-state index is 13.0. The average Bonchev–Trinajstić information content (AvgIpc) is 3.03. The van der Waals surface area contributed by atoms with Gasteiger partial charge in [-0.1, -0.05) is 35.6 Å². The largest absolute Gasteiger partial charge is 0.383 e. The van der Waals surface area contributed by atoms with E-state index in [4.69, 9.17) is 17.3 Å². The van der Waals surface area contributed by atoms with Crippen LogP contribution in [0.3, 0.4) is 0 Å². The first kappa shape index (κ1) is 27.4. The van der Waals surface area contributed by atoms with Crippen LogP contribution in [0.1, 0.15) is 27.0 Å². The van der Waals surface area contributed by atoms with Gasteiger partial charge in [0.15, 0.2) is 0 Å². The summed E-state index contributed by atoms with van der Waals surface area (Å²) >= 11 is 6.19. The number of benzene rings is 3. The highest BCUT2D eigenvalue weighted by Crippen LogP contribution is 2.26. The molecule has 43 heavy (non-hydrogen) atoms. The molecule has 0 aliphatic rings. The first-order valence-electron chi connectivity index (χ1n) is 13.3. The van der Waals surface area contributed by atoms with Crippen molar-refractivity contribution in [1.82, 2.24) is 19.9 Å². The summed E-state index contributed by atoms with van der Waals surface area (Å²) in [5, 5.41) is 8.55. The lowest BCUT2D eigenvalue weighted by Gasteiger charge is -2.12. The fraction of sp³-hybridized carbons (Fsp3) is 0.0294. The Labute approximate surface area is 253 Å². The number of anilines is 4. The number of hydrogen-bond acceptors (Lipinski definition) is 7. The summed E-state index contributed by atoms with van der Waals surface area (Å²) in [5.74, 6) is 6.75. The van der Waals surface area contributed by atoms with E-state index in [-0.39, 0.29) is 5.91 Å². The molecule has 0 spiro atoms. The van der Waals surface area contributed by atoms with Crippen molar-refractivity contribution in [3.63, 3.8) is 0 Å². The number of nitrogen functional groups attached to an aromatic ring is 1. The van der Waals surface area contributed by atoms with E-state index in [0.717, 1.165) is 38.8 Å². The molecular formula is C34H24ClN7O. The van der Waals surface area contributed by atoms with Gasteiger partial charge in [-0.25, -0.2) is 15.0 Å². The van der Waals surface area contributed by atoms with E-state index < -0.39 is 0 Å². The van der Waals surface area contributed by atoms with Crippen molar-refractivity contribution in [2.45, 2.75) is 6.92 Å². The number of hydrogen-bond donors (Lipinski definition) is 3. The molecule has 0 fully saturated rings. The third kappa shape index (κ3) is 6.27. The molecule has 0 saturated carbocycles. The number of nitrogens with one attached hydrogen (secondary N) is 2. The molecule has 0 aliphatic heterocycles. The smallest absolute Gasteiger partial charge is 0.255 e. The van der Waals surface area contributed by atoms with Crippen molar-refractivity contribution < 1.29 is 4.79 Å². The highest BCUT2D eigenvalue weighted by atomic mass is 35.5. The molecule has 0 saturated heterocycles. The Hall–Kier alpha value is -5.78. The second kappa shape index (κ2) is 12.0. The van der Waals surface area contributed by atoms with Gasteiger partial charge in [-0.15, -0.1) is 0 Å². The first-order valence-corrected chi connectivity index (χ1v) is 13.7. The van der Waals surface area contributed by atoms with Crippen LogP contribution in [0.5, 0.6) is 0 Å². The second-order valence-electron chi connectivity index (χ2n) is 9.69. The highest BCUT2D eigenvalue weighted by molar-refractivity contribution is 6.31. The van der Waals surface area contributed by atoms with Crippen LogP contribution >= 0.6 is 11.6 Å². The summed E-state index contributed by atoms with van der Waals surface area (Å²) < 4.78 is 0. The van der Waals surface area contributed by atoms with E-state index in [9.17, 15) is 4.79 Å². The van der Waals surface area contributed by atoms with Crippen molar-refractivity contribution in [3.8, 4) is 23.1 Å². The Kier molecular flexibility index (Phi) is 7.64. The Morgan fingerprint density at radius 2 is 1.77 bits per heavy atom. The Morgan fingerprint density at radius 3 is 2.58 bits per heavy atom. The van der Waals surface area contributed by atoms with E-state index >= 15 is 0 Å². The van der Waals surface area contributed by atoms with E-state index in [1.54, 1.807) is 55.1 Å². The Bertz CT molecular complexity index is 2030. The zero-order valence-electron chi connectivity index (χ0n) is 23.0. The number of halogens is 1. The van der Waals surface area contributed by atoms with Gasteiger partial charge in [0, 0.05) is 68.6 Å². The molecule has 208 valence electrons. The minimum atomic E-state index is -0.249. The lowest BCUT2D eigenvalue weighted by Crippen LogP contribution is -2.12. The maximum atomic E-state index is 13.0. The van der Waals surface area contributed by atoms with Crippen molar-refractivity contribution in [2.75, 3.05) is 16.4 Å². The van der Waals surface area contributed by atoms with Gasteiger partial charge in [0.05, 0.1) is 11.3 Å². The van der Waals surface area contributed by atoms with Gasteiger partial charge in [-0.05, 0) is 79.2 Å². The fourth-order valence-corrected chi connectivity index (χ4v) is 4.59. The Balaban J connectivity index is 1.16. The number of nitrogens with two attached hydrogens (primary N) is 1. The summed E-state index contributed by atoms with van der Waals surface area (Å²) in [6.45, 7) is 1.97. The van der Waals surface area contributed by atoms with Gasteiger partial charge in [0.2, 0.25) is 5.95 Å². The predicted molar refractivity (Wildman–Crippen MR) is 171 cm³/mol. The topological polar surface area (TPSA) is 119 Å². The monoisotopic (exact) mass is 581 g/mol. The van der Waals surface area contributed by atoms with E-state index in [2.05, 4.69) is 42.4 Å². The zero-order valence-corrected chi connectivity index (χ0v) is 23.7. The molecule has 0 aliphatic carbocycles. The summed E-state index contributed by atoms with van der Waals surface area (Å²) in [7, 11) is 0. The minimum Gasteiger partial charge on any atom is -0.383 e. The van der Waals surface area contributed by atoms with E-state index in [1.165, 1.54) is 0 Å². The molecule has 0 unspecified atom stereocenters. The van der Waals surface area contributed by atoms with Gasteiger partial charge >= 0.3 is 0 Å². The second-order valence-corrected chi connectivity index (χ2v) is 10.1. The zero-order chi connectivity index (χ0) is 29.8. The quantitative estimate of drug-likeness (QED) is 0.187. The molecule has 3 aromatic carbocycles. The van der Waals surface area contributed by atoms with Crippen molar-refractivity contribution in [1.29, 1.82) is 0 Å². The molecule has 0 bridgehead atoms. The minimum absolute atomic E-state index is 0.249. The van der Waals surface area contributed by atoms with Gasteiger partial charge in [-0.3, -0.25) is 9.78 Å². The molecular weight excluding hydrogens is 558 g/mol. The van der Waals surface area contributed by atoms with Crippen LogP contribution in [-0.4, -0.2) is 25.8 Å². The average molecular weight is 582 g/mol. The standard InChI is InChI=1S/C34H24ClN7O/c1-21-4-12-27(18-31(21)42-34-38-16-14-30(41-34)25-3-2-15-37-19-25)40-33(43)23-8-5-22(6-9-23)7-13-28-29-17-26(35)11-10-24(29)20-39-32(28)36/h2-6,8-12,14-20H,1H3,(H2,36,39)(H,40,43)(H,38,41,42). The molecule has 3 heterocycles. The lowest BCUT2D eigenvalue weighted by molar-refractivity contribution is 0.102. The van der Waals surface area contributed by atoms with Gasteiger partial charge < -0.3 is 16.4 Å². The SMILES string of the molecule is Cc1ccc(NC(=O)c2ccc(C#Cc3c(N)ncc4ccc(Cl)cc34)cc2)cc1Nc1nccc(-c2cccnc2)n1. The van der Waals surface area contributed by atoms with Crippen LogP contribution in [0.25, 0.3) is 22.0 Å². The predicted octanol–water partition coefficient (Wildman–Crippen LogP) is 7.03. The number of nitrogens with zero attached hydrogens (tertiary/aromatic N) is 4. The first-order chi connectivity index (χ1) is 20.9. The van der Waals surface area contributed by atoms with Crippen LogP contribution in [-0.2, 0) is 0 Å². The molecule has 0 atom stereocenters. The number of aromatic nitrogens is 4. The molecule has 0 radical (unpaired) electrons. The number of fused-ring (bicyclic) bond motifs is 1. The lowest BCUT2D eigenvalue weighted by atomic mass is 10.1. The van der Waals surface area contributed by atoms with Crippen molar-refractivity contribution in [2.24, 2.45) is 0 Å². The Morgan fingerprint density at radius 1 is 0.907 bits per heavy atom. The van der Waals surface area contributed by atoms with Crippen molar-refractivity contribution >= 4 is 51.4 Å². The maximum Gasteiger partial charge on any atom is 0.255 e. The van der Waals surface area contributed by atoms with Gasteiger partial charge in [-0.2, -0.15) is 0 Å². The van der Waals surface area contributed by atoms with Gasteiger partial charge in [0.1, 0.15) is 5.82 Å². The molecule has 8 nitrogen and oxygen atoms in total. The summed E-state index contributed by atoms with van der Waals surface area (Å²) in [5.41, 5.74) is 12.0. The molecule has 3 aromatic heterocycles.